The molecule has 0 aliphatic carbocycles. The van der Waals surface area contributed by atoms with E-state index in [0.29, 0.717) is 13.0 Å². The third kappa shape index (κ3) is 1.73. The van der Waals surface area contributed by atoms with Crippen molar-refractivity contribution in [1.29, 1.82) is 0 Å². The molecule has 5 nitrogen and oxygen atoms in total. The fourth-order valence-corrected chi connectivity index (χ4v) is 1.41. The highest BCUT2D eigenvalue weighted by atomic mass is 16.4. The molecule has 0 saturated carbocycles. The Morgan fingerprint density at radius 1 is 1.17 bits per heavy atom. The number of hydrogen-bond donors (Lipinski definition) is 3. The molecule has 1 fully saturated rings. The quantitative estimate of drug-likeness (QED) is 0.518. The fourth-order valence-electron chi connectivity index (χ4n) is 1.41. The molecule has 1 heterocycles. The van der Waals surface area contributed by atoms with Gasteiger partial charge in [0.1, 0.15) is 0 Å². The van der Waals surface area contributed by atoms with Crippen molar-refractivity contribution in [3.05, 3.63) is 0 Å². The van der Waals surface area contributed by atoms with Crippen LogP contribution in [-0.4, -0.2) is 35.2 Å². The molecule has 68 valence electrons. The van der Waals surface area contributed by atoms with E-state index in [1.807, 2.05) is 0 Å². The monoisotopic (exact) mass is 173 g/mol. The summed E-state index contributed by atoms with van der Waals surface area (Å²) in [7, 11) is 0. The van der Waals surface area contributed by atoms with Gasteiger partial charge in [0.2, 0.25) is 0 Å². The van der Waals surface area contributed by atoms with Crippen molar-refractivity contribution in [3.63, 3.8) is 0 Å². The van der Waals surface area contributed by atoms with Crippen molar-refractivity contribution in [1.82, 2.24) is 5.32 Å². The zero-order valence-electron chi connectivity index (χ0n) is 6.49. The van der Waals surface area contributed by atoms with Gasteiger partial charge in [-0.1, -0.05) is 0 Å². The van der Waals surface area contributed by atoms with Gasteiger partial charge in [-0.25, -0.2) is 0 Å². The summed E-state index contributed by atoms with van der Waals surface area (Å²) in [6.45, 7) is 0.840. The van der Waals surface area contributed by atoms with E-state index in [1.54, 1.807) is 0 Å². The number of carbonyl (C=O) groups is 2. The molecule has 0 radical (unpaired) electrons. The molecule has 2 atom stereocenters. The molecule has 0 aromatic carbocycles. The molecule has 1 aliphatic rings. The first-order chi connectivity index (χ1) is 5.63. The van der Waals surface area contributed by atoms with Crippen LogP contribution in [0, 0.1) is 11.8 Å². The summed E-state index contributed by atoms with van der Waals surface area (Å²) in [5.74, 6) is -3.56. The maximum atomic E-state index is 10.6. The average Bonchev–Trinajstić information content (AvgIpc) is 2.04. The highest BCUT2D eigenvalue weighted by Crippen LogP contribution is 2.19. The Morgan fingerprint density at radius 3 is 2.17 bits per heavy atom. The molecule has 0 aromatic rings. The minimum Gasteiger partial charge on any atom is -0.481 e. The molecule has 1 saturated heterocycles. The molecule has 0 aromatic heterocycles. The van der Waals surface area contributed by atoms with E-state index in [1.165, 1.54) is 0 Å². The number of piperidine rings is 1. The van der Waals surface area contributed by atoms with Gasteiger partial charge >= 0.3 is 11.9 Å². The molecule has 1 rings (SSSR count). The number of aliphatic carboxylic acids is 2. The lowest BCUT2D eigenvalue weighted by molar-refractivity contribution is -0.154. The number of nitrogens with one attached hydrogen (secondary N) is 1. The molecule has 1 aliphatic heterocycles. The van der Waals surface area contributed by atoms with Crippen molar-refractivity contribution < 1.29 is 19.8 Å². The zero-order valence-corrected chi connectivity index (χ0v) is 6.49. The summed E-state index contributed by atoms with van der Waals surface area (Å²) in [6.07, 6.45) is 0.395. The van der Waals surface area contributed by atoms with Crippen LogP contribution in [0.2, 0.25) is 0 Å². The van der Waals surface area contributed by atoms with Crippen molar-refractivity contribution in [2.75, 3.05) is 13.1 Å². The second-order valence-electron chi connectivity index (χ2n) is 2.88. The first-order valence-corrected chi connectivity index (χ1v) is 3.79. The van der Waals surface area contributed by atoms with E-state index >= 15 is 0 Å². The molecule has 0 spiro atoms. The van der Waals surface area contributed by atoms with Gasteiger partial charge in [0.15, 0.2) is 0 Å². The normalized spacial score (nSPS) is 29.7. The predicted molar refractivity (Wildman–Crippen MR) is 39.7 cm³/mol. The van der Waals surface area contributed by atoms with E-state index in [0.717, 1.165) is 0 Å². The Bertz CT molecular complexity index is 182. The maximum Gasteiger partial charge on any atom is 0.308 e. The summed E-state index contributed by atoms with van der Waals surface area (Å²) in [5.41, 5.74) is 0. The predicted octanol–water partition coefficient (Wildman–Crippen LogP) is -0.619. The van der Waals surface area contributed by atoms with Crippen LogP contribution < -0.4 is 5.32 Å². The summed E-state index contributed by atoms with van der Waals surface area (Å²) in [5, 5.41) is 20.2. The highest BCUT2D eigenvalue weighted by Gasteiger charge is 2.35. The summed E-state index contributed by atoms with van der Waals surface area (Å²) < 4.78 is 0. The SMILES string of the molecule is O=C(O)C1CCNC[C@H]1C(=O)O. The first-order valence-electron chi connectivity index (χ1n) is 3.79. The van der Waals surface area contributed by atoms with Gasteiger partial charge in [0.05, 0.1) is 11.8 Å². The number of carboxylic acid groups (broad SMARTS) is 2. The number of rotatable bonds is 2. The largest absolute Gasteiger partial charge is 0.481 e. The van der Waals surface area contributed by atoms with Crippen LogP contribution in [0.4, 0.5) is 0 Å². The molecule has 12 heavy (non-hydrogen) atoms. The first kappa shape index (κ1) is 8.99. The van der Waals surface area contributed by atoms with Crippen LogP contribution in [0.1, 0.15) is 6.42 Å². The Labute approximate surface area is 69.4 Å². The van der Waals surface area contributed by atoms with Gasteiger partial charge in [0.25, 0.3) is 0 Å². The number of carboxylic acids is 2. The third-order valence-corrected chi connectivity index (χ3v) is 2.12. The van der Waals surface area contributed by atoms with Crippen molar-refractivity contribution in [2.24, 2.45) is 11.8 Å². The summed E-state index contributed by atoms with van der Waals surface area (Å²) in [4.78, 5) is 21.1. The topological polar surface area (TPSA) is 86.6 Å². The molecule has 3 N–H and O–H groups in total. The lowest BCUT2D eigenvalue weighted by atomic mass is 9.87. The Hall–Kier alpha value is -1.10. The van der Waals surface area contributed by atoms with Crippen LogP contribution in [0.5, 0.6) is 0 Å². The van der Waals surface area contributed by atoms with Gasteiger partial charge in [-0.3, -0.25) is 9.59 Å². The molecular weight excluding hydrogens is 162 g/mol. The second-order valence-corrected chi connectivity index (χ2v) is 2.88. The number of hydrogen-bond acceptors (Lipinski definition) is 3. The lowest BCUT2D eigenvalue weighted by Gasteiger charge is -2.25. The Balaban J connectivity index is 2.67. The van der Waals surface area contributed by atoms with Gasteiger partial charge < -0.3 is 15.5 Å². The fraction of sp³-hybridized carbons (Fsp3) is 0.714. The zero-order chi connectivity index (χ0) is 9.14. The van der Waals surface area contributed by atoms with Gasteiger partial charge in [0, 0.05) is 6.54 Å². The maximum absolute atomic E-state index is 10.6. The van der Waals surface area contributed by atoms with E-state index in [4.69, 9.17) is 10.2 Å². The smallest absolute Gasteiger partial charge is 0.308 e. The van der Waals surface area contributed by atoms with Crippen LogP contribution in [-0.2, 0) is 9.59 Å². The second kappa shape index (κ2) is 3.53. The molecular formula is C7H11NO4. The van der Waals surface area contributed by atoms with Crippen molar-refractivity contribution in [3.8, 4) is 0 Å². The minimum absolute atomic E-state index is 0.256. The molecule has 0 amide bonds. The van der Waals surface area contributed by atoms with Gasteiger partial charge in [-0.2, -0.15) is 0 Å². The average molecular weight is 173 g/mol. The van der Waals surface area contributed by atoms with E-state index in [2.05, 4.69) is 5.32 Å². The van der Waals surface area contributed by atoms with Crippen LogP contribution >= 0.6 is 0 Å². The third-order valence-electron chi connectivity index (χ3n) is 2.12. The minimum atomic E-state index is -1.03. The standard InChI is InChI=1S/C7H11NO4/c9-6(10)4-1-2-8-3-5(4)7(11)12/h4-5,8H,1-3H2,(H,9,10)(H,11,12)/t4?,5-/m1/s1. The van der Waals surface area contributed by atoms with Gasteiger partial charge in [-0.05, 0) is 13.0 Å². The van der Waals surface area contributed by atoms with Crippen molar-refractivity contribution in [2.45, 2.75) is 6.42 Å². The van der Waals surface area contributed by atoms with Gasteiger partial charge in [-0.15, -0.1) is 0 Å². The van der Waals surface area contributed by atoms with Crippen LogP contribution in [0.3, 0.4) is 0 Å². The van der Waals surface area contributed by atoms with E-state index in [9.17, 15) is 9.59 Å². The summed E-state index contributed by atoms with van der Waals surface area (Å²) in [6, 6.07) is 0. The Kier molecular flexibility index (Phi) is 2.65. The molecule has 1 unspecified atom stereocenters. The van der Waals surface area contributed by atoms with E-state index < -0.39 is 23.8 Å². The van der Waals surface area contributed by atoms with Crippen molar-refractivity contribution >= 4 is 11.9 Å². The van der Waals surface area contributed by atoms with E-state index in [-0.39, 0.29) is 6.54 Å². The lowest BCUT2D eigenvalue weighted by Crippen LogP contribution is -2.43. The highest BCUT2D eigenvalue weighted by molar-refractivity contribution is 5.80. The molecule has 5 heteroatoms. The summed E-state index contributed by atoms with van der Waals surface area (Å²) >= 11 is 0. The Morgan fingerprint density at radius 2 is 1.75 bits per heavy atom. The van der Waals surface area contributed by atoms with Crippen LogP contribution in [0.25, 0.3) is 0 Å². The van der Waals surface area contributed by atoms with Crippen LogP contribution in [0.15, 0.2) is 0 Å². The molecule has 0 bridgehead atoms.